The van der Waals surface area contributed by atoms with E-state index in [1.165, 1.54) is 22.0 Å². The van der Waals surface area contributed by atoms with Crippen molar-refractivity contribution in [2.24, 2.45) is 0 Å². The Bertz CT molecular complexity index is 387. The molecule has 0 atom stereocenters. The molecule has 0 aliphatic heterocycles. The van der Waals surface area contributed by atoms with E-state index in [2.05, 4.69) is 51.8 Å². The van der Waals surface area contributed by atoms with Crippen molar-refractivity contribution in [1.29, 1.82) is 0 Å². The largest absolute Gasteiger partial charge is 0.481 e. The van der Waals surface area contributed by atoms with E-state index in [1.807, 2.05) is 0 Å². The molecule has 1 N–H and O–H groups in total. The fourth-order valence-corrected chi connectivity index (χ4v) is 2.25. The lowest BCUT2D eigenvalue weighted by Gasteiger charge is -2.21. The summed E-state index contributed by atoms with van der Waals surface area (Å²) in [6.45, 7) is 1.53. The predicted octanol–water partition coefficient (Wildman–Crippen LogP) is 2.73. The maximum Gasteiger partial charge on any atom is 0.304 e. The summed E-state index contributed by atoms with van der Waals surface area (Å²) in [5.74, 6) is -0.710. The van der Waals surface area contributed by atoms with Gasteiger partial charge in [-0.2, -0.15) is 0 Å². The van der Waals surface area contributed by atoms with Crippen molar-refractivity contribution < 1.29 is 9.90 Å². The zero-order valence-corrected chi connectivity index (χ0v) is 11.8. The maximum atomic E-state index is 10.6. The number of carbonyl (C=O) groups is 1. The summed E-state index contributed by atoms with van der Waals surface area (Å²) in [6.07, 6.45) is 2.66. The Kier molecular flexibility index (Phi) is 4.39. The van der Waals surface area contributed by atoms with Gasteiger partial charge in [0.05, 0.1) is 6.42 Å². The van der Waals surface area contributed by atoms with Gasteiger partial charge in [0, 0.05) is 22.7 Å². The summed E-state index contributed by atoms with van der Waals surface area (Å²) < 4.78 is 1.23. The van der Waals surface area contributed by atoms with E-state index in [9.17, 15) is 4.79 Å². The molecule has 1 aromatic rings. The first-order valence-electron chi connectivity index (χ1n) is 5.85. The van der Waals surface area contributed by atoms with Crippen molar-refractivity contribution in [3.8, 4) is 0 Å². The zero-order valence-electron chi connectivity index (χ0n) is 9.60. The number of halogens is 1. The molecule has 0 unspecified atom stereocenters. The molecule has 2 rings (SSSR count). The molecule has 0 saturated heterocycles. The molecular formula is C13H16INO2. The van der Waals surface area contributed by atoms with Crippen LogP contribution in [-0.4, -0.2) is 28.6 Å². The van der Waals surface area contributed by atoms with Crippen LogP contribution in [-0.2, 0) is 11.3 Å². The molecule has 1 saturated carbocycles. The molecule has 1 aliphatic rings. The summed E-state index contributed by atoms with van der Waals surface area (Å²) in [4.78, 5) is 12.9. The van der Waals surface area contributed by atoms with Crippen LogP contribution in [0, 0.1) is 3.57 Å². The lowest BCUT2D eigenvalue weighted by molar-refractivity contribution is -0.137. The second-order valence-electron chi connectivity index (χ2n) is 4.47. The van der Waals surface area contributed by atoms with Crippen LogP contribution in [0.3, 0.4) is 0 Å². The minimum absolute atomic E-state index is 0.237. The molecule has 0 radical (unpaired) electrons. The van der Waals surface area contributed by atoms with E-state index in [0.717, 1.165) is 6.54 Å². The molecule has 0 bridgehead atoms. The van der Waals surface area contributed by atoms with Gasteiger partial charge in [-0.3, -0.25) is 9.69 Å². The first kappa shape index (κ1) is 12.8. The van der Waals surface area contributed by atoms with Crippen LogP contribution in [0.2, 0.25) is 0 Å². The SMILES string of the molecule is O=C(O)CCN(Cc1ccc(I)cc1)C1CC1. The van der Waals surface area contributed by atoms with E-state index in [4.69, 9.17) is 5.11 Å². The third-order valence-electron chi connectivity index (χ3n) is 2.98. The second-order valence-corrected chi connectivity index (χ2v) is 5.72. The van der Waals surface area contributed by atoms with Gasteiger partial charge in [-0.05, 0) is 53.1 Å². The average Bonchev–Trinajstić information content (AvgIpc) is 3.10. The quantitative estimate of drug-likeness (QED) is 0.806. The summed E-state index contributed by atoms with van der Waals surface area (Å²) in [7, 11) is 0. The van der Waals surface area contributed by atoms with Gasteiger partial charge < -0.3 is 5.11 Å². The first-order chi connectivity index (χ1) is 8.15. The van der Waals surface area contributed by atoms with Crippen molar-refractivity contribution in [2.75, 3.05) is 6.54 Å². The van der Waals surface area contributed by atoms with Gasteiger partial charge in [-0.25, -0.2) is 0 Å². The Labute approximate surface area is 115 Å². The molecule has 3 nitrogen and oxygen atoms in total. The Hall–Kier alpha value is -0.620. The van der Waals surface area contributed by atoms with E-state index >= 15 is 0 Å². The minimum Gasteiger partial charge on any atom is -0.481 e. The number of hydrogen-bond acceptors (Lipinski definition) is 2. The van der Waals surface area contributed by atoms with Gasteiger partial charge in [-0.15, -0.1) is 0 Å². The molecule has 1 aromatic carbocycles. The van der Waals surface area contributed by atoms with Crippen LogP contribution in [0.5, 0.6) is 0 Å². The lowest BCUT2D eigenvalue weighted by Crippen LogP contribution is -2.28. The van der Waals surface area contributed by atoms with Gasteiger partial charge in [0.1, 0.15) is 0 Å². The highest BCUT2D eigenvalue weighted by Gasteiger charge is 2.28. The van der Waals surface area contributed by atoms with Crippen molar-refractivity contribution in [2.45, 2.75) is 31.8 Å². The normalized spacial score (nSPS) is 15.2. The number of carboxylic acids is 1. The Morgan fingerprint density at radius 2 is 2.00 bits per heavy atom. The molecule has 0 aromatic heterocycles. The average molecular weight is 345 g/mol. The Morgan fingerprint density at radius 3 is 2.53 bits per heavy atom. The van der Waals surface area contributed by atoms with Crippen molar-refractivity contribution in [1.82, 2.24) is 4.90 Å². The van der Waals surface area contributed by atoms with Gasteiger partial charge in [-0.1, -0.05) is 12.1 Å². The number of carboxylic acid groups (broad SMARTS) is 1. The third-order valence-corrected chi connectivity index (χ3v) is 3.69. The molecular weight excluding hydrogens is 329 g/mol. The topological polar surface area (TPSA) is 40.5 Å². The van der Waals surface area contributed by atoms with Crippen LogP contribution in [0.25, 0.3) is 0 Å². The lowest BCUT2D eigenvalue weighted by atomic mass is 10.2. The second kappa shape index (κ2) is 5.82. The third kappa shape index (κ3) is 4.27. The number of benzene rings is 1. The summed E-state index contributed by atoms with van der Waals surface area (Å²) in [5, 5.41) is 8.74. The monoisotopic (exact) mass is 345 g/mol. The fourth-order valence-electron chi connectivity index (χ4n) is 1.89. The van der Waals surface area contributed by atoms with Crippen molar-refractivity contribution >= 4 is 28.6 Å². The number of aliphatic carboxylic acids is 1. The highest BCUT2D eigenvalue weighted by Crippen LogP contribution is 2.28. The summed E-state index contributed by atoms with van der Waals surface area (Å²) >= 11 is 2.29. The van der Waals surface area contributed by atoms with Crippen molar-refractivity contribution in [3.05, 3.63) is 33.4 Å². The van der Waals surface area contributed by atoms with Gasteiger partial charge in [0.25, 0.3) is 0 Å². The molecule has 0 heterocycles. The van der Waals surface area contributed by atoms with Gasteiger partial charge in [0.2, 0.25) is 0 Å². The molecule has 1 fully saturated rings. The number of nitrogens with zero attached hydrogens (tertiary/aromatic N) is 1. The van der Waals surface area contributed by atoms with E-state index in [-0.39, 0.29) is 6.42 Å². The molecule has 17 heavy (non-hydrogen) atoms. The Morgan fingerprint density at radius 1 is 1.35 bits per heavy atom. The smallest absolute Gasteiger partial charge is 0.304 e. The van der Waals surface area contributed by atoms with Gasteiger partial charge >= 0.3 is 5.97 Å². The molecule has 92 valence electrons. The van der Waals surface area contributed by atoms with E-state index in [1.54, 1.807) is 0 Å². The fraction of sp³-hybridized carbons (Fsp3) is 0.462. The predicted molar refractivity (Wildman–Crippen MR) is 74.8 cm³/mol. The molecule has 0 spiro atoms. The zero-order chi connectivity index (χ0) is 12.3. The van der Waals surface area contributed by atoms with Crippen LogP contribution in [0.1, 0.15) is 24.8 Å². The molecule has 0 amide bonds. The van der Waals surface area contributed by atoms with Crippen LogP contribution in [0.15, 0.2) is 24.3 Å². The van der Waals surface area contributed by atoms with Crippen LogP contribution in [0.4, 0.5) is 0 Å². The van der Waals surface area contributed by atoms with E-state index < -0.39 is 5.97 Å². The Balaban J connectivity index is 1.92. The van der Waals surface area contributed by atoms with E-state index in [0.29, 0.717) is 12.6 Å². The number of rotatable bonds is 6. The molecule has 4 heteroatoms. The summed E-state index contributed by atoms with van der Waals surface area (Å²) in [6, 6.07) is 9.04. The summed E-state index contributed by atoms with van der Waals surface area (Å²) in [5.41, 5.74) is 1.27. The first-order valence-corrected chi connectivity index (χ1v) is 6.93. The van der Waals surface area contributed by atoms with Crippen molar-refractivity contribution in [3.63, 3.8) is 0 Å². The molecule has 1 aliphatic carbocycles. The van der Waals surface area contributed by atoms with Crippen LogP contribution < -0.4 is 0 Å². The van der Waals surface area contributed by atoms with Gasteiger partial charge in [0.15, 0.2) is 0 Å². The highest BCUT2D eigenvalue weighted by atomic mass is 127. The minimum atomic E-state index is -0.710. The number of hydrogen-bond donors (Lipinski definition) is 1. The maximum absolute atomic E-state index is 10.6. The highest BCUT2D eigenvalue weighted by molar-refractivity contribution is 14.1. The standard InChI is InChI=1S/C13H16INO2/c14-11-3-1-10(2-4-11)9-15(12-5-6-12)8-7-13(16)17/h1-4,12H,5-9H2,(H,16,17). The van der Waals surface area contributed by atoms with Crippen LogP contribution >= 0.6 is 22.6 Å².